The Labute approximate surface area is 177 Å². The third-order valence-corrected chi connectivity index (χ3v) is 6.34. The van der Waals surface area contributed by atoms with Crippen LogP contribution < -0.4 is 15.4 Å². The molecule has 2 amide bonds. The maximum Gasteiger partial charge on any atom is 0.257 e. The van der Waals surface area contributed by atoms with Gasteiger partial charge in [-0.1, -0.05) is 19.9 Å². The van der Waals surface area contributed by atoms with Crippen molar-refractivity contribution in [1.82, 2.24) is 9.62 Å². The first kappa shape index (κ1) is 23.4. The number of amides is 2. The van der Waals surface area contributed by atoms with Gasteiger partial charge in [0, 0.05) is 30.9 Å². The van der Waals surface area contributed by atoms with Crippen LogP contribution in [-0.2, 0) is 14.8 Å². The highest BCUT2D eigenvalue weighted by atomic mass is 32.2. The van der Waals surface area contributed by atoms with Crippen LogP contribution in [0.5, 0.6) is 5.75 Å². The zero-order valence-corrected chi connectivity index (χ0v) is 18.2. The molecule has 9 heteroatoms. The number of sulfonamides is 1. The Morgan fingerprint density at radius 2 is 1.67 bits per heavy atom. The Hall–Kier alpha value is -2.91. The summed E-state index contributed by atoms with van der Waals surface area (Å²) in [4.78, 5) is 24.1. The third-order valence-electron chi connectivity index (χ3n) is 4.30. The zero-order valence-electron chi connectivity index (χ0n) is 17.3. The van der Waals surface area contributed by atoms with Gasteiger partial charge in [0.05, 0.1) is 4.90 Å². The number of carbonyl (C=O) groups is 2. The van der Waals surface area contributed by atoms with Gasteiger partial charge in [-0.2, -0.15) is 4.31 Å². The molecule has 0 saturated carbocycles. The summed E-state index contributed by atoms with van der Waals surface area (Å²) in [5, 5.41) is 5.36. The summed E-state index contributed by atoms with van der Waals surface area (Å²) >= 11 is 0. The van der Waals surface area contributed by atoms with Gasteiger partial charge >= 0.3 is 0 Å². The Bertz CT molecular complexity index is 970. The van der Waals surface area contributed by atoms with E-state index in [4.69, 9.17) is 4.74 Å². The van der Waals surface area contributed by atoms with Gasteiger partial charge in [0.2, 0.25) is 10.0 Å². The molecule has 30 heavy (non-hydrogen) atoms. The smallest absolute Gasteiger partial charge is 0.257 e. The first-order valence-electron chi connectivity index (χ1n) is 9.72. The number of likely N-dealkylation sites (N-methyl/N-ethyl adjacent to an activating group) is 1. The lowest BCUT2D eigenvalue weighted by atomic mass is 10.2. The van der Waals surface area contributed by atoms with E-state index in [1.807, 2.05) is 6.92 Å². The second kappa shape index (κ2) is 10.7. The molecule has 0 bridgehead atoms. The minimum atomic E-state index is -3.65. The average molecular weight is 434 g/mol. The van der Waals surface area contributed by atoms with Crippen molar-refractivity contribution in [3.8, 4) is 5.75 Å². The predicted molar refractivity (Wildman–Crippen MR) is 115 cm³/mol. The molecule has 2 aromatic carbocycles. The summed E-state index contributed by atoms with van der Waals surface area (Å²) in [6, 6.07) is 12.5. The zero-order chi connectivity index (χ0) is 22.1. The fourth-order valence-electron chi connectivity index (χ4n) is 2.75. The van der Waals surface area contributed by atoms with Crippen LogP contribution >= 0.6 is 0 Å². The number of benzene rings is 2. The largest absolute Gasteiger partial charge is 0.484 e. The first-order valence-corrected chi connectivity index (χ1v) is 11.2. The summed E-state index contributed by atoms with van der Waals surface area (Å²) in [7, 11) is -3.65. The predicted octanol–water partition coefficient (Wildman–Crippen LogP) is 2.48. The van der Waals surface area contributed by atoms with Crippen molar-refractivity contribution in [3.05, 3.63) is 54.1 Å². The van der Waals surface area contributed by atoms with Crippen molar-refractivity contribution >= 4 is 27.5 Å². The van der Waals surface area contributed by atoms with E-state index >= 15 is 0 Å². The SMILES string of the molecule is CCNC(=O)COc1ccc(NC(=O)c2cccc(S(=O)(=O)N(CC)CC)c2)cc1. The fraction of sp³-hybridized carbons (Fsp3) is 0.333. The maximum absolute atomic E-state index is 12.7. The maximum atomic E-state index is 12.7. The van der Waals surface area contributed by atoms with E-state index in [1.165, 1.54) is 16.4 Å². The summed E-state index contributed by atoms with van der Waals surface area (Å²) in [6.07, 6.45) is 0. The Balaban J connectivity index is 2.07. The molecule has 0 saturated heterocycles. The standard InChI is InChI=1S/C21H27N3O5S/c1-4-22-20(25)15-29-18-12-10-17(11-13-18)23-21(26)16-8-7-9-19(14-16)30(27,28)24(5-2)6-3/h7-14H,4-6,15H2,1-3H3,(H,22,25)(H,23,26). The minimum absolute atomic E-state index is 0.0768. The molecule has 8 nitrogen and oxygen atoms in total. The van der Waals surface area contributed by atoms with Crippen LogP contribution in [0.3, 0.4) is 0 Å². The monoisotopic (exact) mass is 433 g/mol. The van der Waals surface area contributed by atoms with Gasteiger partial charge in [0.25, 0.3) is 11.8 Å². The fourth-order valence-corrected chi connectivity index (χ4v) is 4.25. The lowest BCUT2D eigenvalue weighted by Crippen LogP contribution is -2.30. The van der Waals surface area contributed by atoms with E-state index < -0.39 is 15.9 Å². The molecule has 2 aromatic rings. The number of rotatable bonds is 10. The molecule has 162 valence electrons. The molecule has 0 aliphatic heterocycles. The Morgan fingerprint density at radius 1 is 1.00 bits per heavy atom. The van der Waals surface area contributed by atoms with Gasteiger partial charge in [0.15, 0.2) is 6.61 Å². The molecule has 0 radical (unpaired) electrons. The highest BCUT2D eigenvalue weighted by molar-refractivity contribution is 7.89. The number of nitrogens with one attached hydrogen (secondary N) is 2. The number of anilines is 1. The second-order valence-corrected chi connectivity index (χ2v) is 8.28. The summed E-state index contributed by atoms with van der Waals surface area (Å²) in [5.74, 6) is -0.149. The normalized spacial score (nSPS) is 11.2. The van der Waals surface area contributed by atoms with Crippen LogP contribution in [0.4, 0.5) is 5.69 Å². The van der Waals surface area contributed by atoms with Crippen LogP contribution in [0.1, 0.15) is 31.1 Å². The van der Waals surface area contributed by atoms with Crippen LogP contribution in [-0.4, -0.2) is 50.8 Å². The molecule has 0 aliphatic rings. The van der Waals surface area contributed by atoms with Crippen LogP contribution in [0.25, 0.3) is 0 Å². The van der Waals surface area contributed by atoms with Gasteiger partial charge in [0.1, 0.15) is 5.75 Å². The summed E-state index contributed by atoms with van der Waals surface area (Å²) in [5.41, 5.74) is 0.752. The van der Waals surface area contributed by atoms with Crippen LogP contribution in [0.2, 0.25) is 0 Å². The Morgan fingerprint density at radius 3 is 2.27 bits per heavy atom. The van der Waals surface area contributed by atoms with Gasteiger partial charge in [-0.05, 0) is 49.4 Å². The van der Waals surface area contributed by atoms with E-state index in [1.54, 1.807) is 50.2 Å². The summed E-state index contributed by atoms with van der Waals surface area (Å²) in [6.45, 7) is 6.50. The minimum Gasteiger partial charge on any atom is -0.484 e. The Kier molecular flexibility index (Phi) is 8.37. The van der Waals surface area contributed by atoms with Gasteiger partial charge in [-0.25, -0.2) is 8.42 Å². The van der Waals surface area contributed by atoms with Gasteiger partial charge in [-0.15, -0.1) is 0 Å². The number of hydrogen-bond donors (Lipinski definition) is 2. The van der Waals surface area contributed by atoms with Crippen molar-refractivity contribution in [1.29, 1.82) is 0 Å². The lowest BCUT2D eigenvalue weighted by Gasteiger charge is -2.18. The lowest BCUT2D eigenvalue weighted by molar-refractivity contribution is -0.122. The van der Waals surface area contributed by atoms with Crippen molar-refractivity contribution in [2.24, 2.45) is 0 Å². The molecule has 0 aliphatic carbocycles. The molecule has 0 aromatic heterocycles. The van der Waals surface area contributed by atoms with E-state index in [0.717, 1.165) is 0 Å². The van der Waals surface area contributed by atoms with Crippen molar-refractivity contribution in [2.75, 3.05) is 31.6 Å². The average Bonchev–Trinajstić information content (AvgIpc) is 2.74. The topological polar surface area (TPSA) is 105 Å². The van der Waals surface area contributed by atoms with Crippen LogP contribution in [0.15, 0.2) is 53.4 Å². The quantitative estimate of drug-likeness (QED) is 0.599. The molecule has 2 N–H and O–H groups in total. The van der Waals surface area contributed by atoms with Crippen LogP contribution in [0, 0.1) is 0 Å². The summed E-state index contributed by atoms with van der Waals surface area (Å²) < 4.78 is 32.0. The number of hydrogen-bond acceptors (Lipinski definition) is 5. The van der Waals surface area contributed by atoms with Crippen molar-refractivity contribution in [2.45, 2.75) is 25.7 Å². The number of carbonyl (C=O) groups excluding carboxylic acids is 2. The number of nitrogens with zero attached hydrogens (tertiary/aromatic N) is 1. The third kappa shape index (κ3) is 6.04. The van der Waals surface area contributed by atoms with Crippen molar-refractivity contribution < 1.29 is 22.7 Å². The first-order chi connectivity index (χ1) is 14.3. The molecular weight excluding hydrogens is 406 g/mol. The number of ether oxygens (including phenoxy) is 1. The van der Waals surface area contributed by atoms with Gasteiger partial charge in [-0.3, -0.25) is 9.59 Å². The highest BCUT2D eigenvalue weighted by Gasteiger charge is 2.22. The van der Waals surface area contributed by atoms with E-state index in [9.17, 15) is 18.0 Å². The molecule has 0 unspecified atom stereocenters. The molecular formula is C21H27N3O5S. The molecule has 0 atom stereocenters. The molecule has 0 heterocycles. The second-order valence-electron chi connectivity index (χ2n) is 6.34. The molecule has 0 fully saturated rings. The van der Waals surface area contributed by atoms with E-state index in [0.29, 0.717) is 31.1 Å². The molecule has 2 rings (SSSR count). The molecule has 0 spiro atoms. The van der Waals surface area contributed by atoms with E-state index in [-0.39, 0.29) is 23.0 Å². The highest BCUT2D eigenvalue weighted by Crippen LogP contribution is 2.19. The van der Waals surface area contributed by atoms with Crippen molar-refractivity contribution in [3.63, 3.8) is 0 Å². The van der Waals surface area contributed by atoms with Gasteiger partial charge < -0.3 is 15.4 Å². The van der Waals surface area contributed by atoms with E-state index in [2.05, 4.69) is 10.6 Å².